The summed E-state index contributed by atoms with van der Waals surface area (Å²) in [5.41, 5.74) is 0. The summed E-state index contributed by atoms with van der Waals surface area (Å²) in [5, 5.41) is 2.80. The third-order valence-electron chi connectivity index (χ3n) is 3.74. The molecule has 0 aliphatic carbocycles. The Morgan fingerprint density at radius 1 is 1.29 bits per heavy atom. The minimum atomic E-state index is -3.76. The summed E-state index contributed by atoms with van der Waals surface area (Å²) in [6.07, 6.45) is 5.09. The molecule has 0 saturated carbocycles. The lowest BCUT2D eigenvalue weighted by molar-refractivity contribution is -0.895. The van der Waals surface area contributed by atoms with Crippen molar-refractivity contribution >= 4 is 39.1 Å². The number of hydrogen-bond donors (Lipinski definition) is 2. The van der Waals surface area contributed by atoms with E-state index in [0.29, 0.717) is 26.2 Å². The lowest BCUT2D eigenvalue weighted by Gasteiger charge is -2.31. The molecule has 2 rings (SSSR count). The molecular formula is C15H18Cl2N3O3S+. The zero-order valence-corrected chi connectivity index (χ0v) is 15.2. The first kappa shape index (κ1) is 19.0. The Hall–Kier alpha value is -1.30. The van der Waals surface area contributed by atoms with E-state index < -0.39 is 10.0 Å². The molecule has 1 heterocycles. The number of hydrogen-bond acceptors (Lipinski definition) is 3. The molecule has 1 saturated heterocycles. The Kier molecular flexibility index (Phi) is 6.49. The van der Waals surface area contributed by atoms with Crippen molar-refractivity contribution in [3.63, 3.8) is 0 Å². The molecule has 1 fully saturated rings. The van der Waals surface area contributed by atoms with Gasteiger partial charge in [0.2, 0.25) is 10.0 Å². The number of halogens is 2. The molecule has 2 N–H and O–H groups in total. The van der Waals surface area contributed by atoms with E-state index in [9.17, 15) is 13.2 Å². The predicted octanol–water partition coefficient (Wildman–Crippen LogP) is -0.368. The fraction of sp³-hybridized carbons (Fsp3) is 0.400. The zero-order chi connectivity index (χ0) is 17.7. The van der Waals surface area contributed by atoms with E-state index in [4.69, 9.17) is 29.6 Å². The summed E-state index contributed by atoms with van der Waals surface area (Å²) in [5.74, 6) is 2.19. The van der Waals surface area contributed by atoms with Crippen molar-refractivity contribution < 1.29 is 18.1 Å². The highest BCUT2D eigenvalue weighted by Gasteiger charge is 2.33. The summed E-state index contributed by atoms with van der Waals surface area (Å²) in [6.45, 7) is 2.08. The molecule has 0 aromatic heterocycles. The van der Waals surface area contributed by atoms with Gasteiger partial charge in [-0.3, -0.25) is 4.79 Å². The number of benzene rings is 1. The summed E-state index contributed by atoms with van der Waals surface area (Å²) in [7, 11) is -3.76. The summed E-state index contributed by atoms with van der Waals surface area (Å²) in [6, 6.07) is 4.59. The van der Waals surface area contributed by atoms with Gasteiger partial charge >= 0.3 is 0 Å². The van der Waals surface area contributed by atoms with Crippen LogP contribution in [0.2, 0.25) is 10.0 Å². The average Bonchev–Trinajstić information content (AvgIpc) is 2.53. The topological polar surface area (TPSA) is 70.9 Å². The Bertz CT molecular complexity index is 733. The molecular weight excluding hydrogens is 373 g/mol. The first-order valence-corrected chi connectivity index (χ1v) is 9.53. The zero-order valence-electron chi connectivity index (χ0n) is 12.9. The van der Waals surface area contributed by atoms with Crippen LogP contribution in [-0.4, -0.2) is 57.9 Å². The van der Waals surface area contributed by atoms with Crippen molar-refractivity contribution in [1.29, 1.82) is 0 Å². The SMILES string of the molecule is C#CCNC(=O)C[NH+]1CCN(S(=O)(=O)c2c(Cl)cccc2Cl)CC1. The Morgan fingerprint density at radius 3 is 2.42 bits per heavy atom. The highest BCUT2D eigenvalue weighted by molar-refractivity contribution is 7.89. The molecule has 24 heavy (non-hydrogen) atoms. The van der Waals surface area contributed by atoms with Crippen molar-refractivity contribution in [3.05, 3.63) is 28.2 Å². The van der Waals surface area contributed by atoms with Crippen LogP contribution in [0.1, 0.15) is 0 Å². The second-order valence-electron chi connectivity index (χ2n) is 5.36. The van der Waals surface area contributed by atoms with Crippen molar-refractivity contribution in [3.8, 4) is 12.3 Å². The number of piperazine rings is 1. The molecule has 0 spiro atoms. The fourth-order valence-electron chi connectivity index (χ4n) is 2.52. The number of terminal acetylenes is 1. The number of sulfonamides is 1. The van der Waals surface area contributed by atoms with Gasteiger partial charge in [-0.2, -0.15) is 4.31 Å². The second-order valence-corrected chi connectivity index (χ2v) is 8.05. The maximum atomic E-state index is 12.7. The Morgan fingerprint density at radius 2 is 1.88 bits per heavy atom. The van der Waals surface area contributed by atoms with Gasteiger partial charge in [0.15, 0.2) is 6.54 Å². The van der Waals surface area contributed by atoms with E-state index in [2.05, 4.69) is 11.2 Å². The van der Waals surface area contributed by atoms with Crippen LogP contribution in [0.25, 0.3) is 0 Å². The van der Waals surface area contributed by atoms with Crippen molar-refractivity contribution in [2.45, 2.75) is 4.90 Å². The van der Waals surface area contributed by atoms with E-state index >= 15 is 0 Å². The Labute approximate surface area is 151 Å². The fourth-order valence-corrected chi connectivity index (χ4v) is 5.05. The molecule has 1 amide bonds. The first-order chi connectivity index (χ1) is 11.4. The van der Waals surface area contributed by atoms with Crippen LogP contribution in [0.15, 0.2) is 23.1 Å². The summed E-state index contributed by atoms with van der Waals surface area (Å²) < 4.78 is 26.8. The van der Waals surface area contributed by atoms with Gasteiger partial charge in [0.1, 0.15) is 4.90 Å². The largest absolute Gasteiger partial charge is 0.340 e. The maximum Gasteiger partial charge on any atom is 0.275 e. The molecule has 0 atom stereocenters. The van der Waals surface area contributed by atoms with Crippen LogP contribution >= 0.6 is 23.2 Å². The normalized spacial score (nSPS) is 16.5. The van der Waals surface area contributed by atoms with Gasteiger partial charge in [-0.25, -0.2) is 8.42 Å². The number of carbonyl (C=O) groups is 1. The number of nitrogens with zero attached hydrogens (tertiary/aromatic N) is 1. The van der Waals surface area contributed by atoms with E-state index in [1.54, 1.807) is 6.07 Å². The molecule has 0 unspecified atom stereocenters. The number of quaternary nitrogens is 1. The van der Waals surface area contributed by atoms with Crippen molar-refractivity contribution in [2.75, 3.05) is 39.3 Å². The van der Waals surface area contributed by atoms with Crippen LogP contribution in [0.4, 0.5) is 0 Å². The van der Waals surface area contributed by atoms with Crippen LogP contribution in [0, 0.1) is 12.3 Å². The minimum absolute atomic E-state index is 0.0662. The third-order valence-corrected chi connectivity index (χ3v) is 6.60. The Balaban J connectivity index is 2.01. The van der Waals surface area contributed by atoms with Gasteiger partial charge in [0.25, 0.3) is 5.91 Å². The molecule has 1 aromatic carbocycles. The summed E-state index contributed by atoms with van der Waals surface area (Å²) in [4.78, 5) is 12.6. The minimum Gasteiger partial charge on any atom is -0.340 e. The van der Waals surface area contributed by atoms with Gasteiger partial charge in [0, 0.05) is 0 Å². The van der Waals surface area contributed by atoms with Crippen LogP contribution in [-0.2, 0) is 14.8 Å². The van der Waals surface area contributed by atoms with E-state index in [0.717, 1.165) is 4.90 Å². The van der Waals surface area contributed by atoms with Gasteiger partial charge in [-0.1, -0.05) is 35.2 Å². The molecule has 1 aliphatic heterocycles. The third kappa shape index (κ3) is 4.41. The number of amides is 1. The molecule has 1 aliphatic rings. The molecule has 0 radical (unpaired) electrons. The van der Waals surface area contributed by atoms with Gasteiger partial charge in [-0.05, 0) is 12.1 Å². The molecule has 1 aromatic rings. The van der Waals surface area contributed by atoms with Crippen LogP contribution < -0.4 is 10.2 Å². The lowest BCUT2D eigenvalue weighted by atomic mass is 10.3. The smallest absolute Gasteiger partial charge is 0.275 e. The van der Waals surface area contributed by atoms with Crippen molar-refractivity contribution in [2.24, 2.45) is 0 Å². The highest BCUT2D eigenvalue weighted by atomic mass is 35.5. The highest BCUT2D eigenvalue weighted by Crippen LogP contribution is 2.31. The van der Waals surface area contributed by atoms with E-state index in [1.165, 1.54) is 16.4 Å². The van der Waals surface area contributed by atoms with Crippen molar-refractivity contribution in [1.82, 2.24) is 9.62 Å². The van der Waals surface area contributed by atoms with Gasteiger partial charge in [-0.15, -0.1) is 6.42 Å². The molecule has 0 bridgehead atoms. The number of rotatable bonds is 5. The average molecular weight is 391 g/mol. The monoisotopic (exact) mass is 390 g/mol. The molecule has 9 heteroatoms. The molecule has 130 valence electrons. The van der Waals surface area contributed by atoms with Crippen LogP contribution in [0.3, 0.4) is 0 Å². The molecule has 6 nitrogen and oxygen atoms in total. The standard InChI is InChI=1S/C15H17Cl2N3O3S/c1-2-6-18-14(21)11-19-7-9-20(10-8-19)24(22,23)15-12(16)4-3-5-13(15)17/h1,3-5H,6-11H2,(H,18,21)/p+1. The van der Waals surface area contributed by atoms with E-state index in [-0.39, 0.29) is 33.9 Å². The lowest BCUT2D eigenvalue weighted by Crippen LogP contribution is -3.15. The first-order valence-electron chi connectivity index (χ1n) is 7.34. The number of nitrogens with one attached hydrogen (secondary N) is 2. The maximum absolute atomic E-state index is 12.7. The quantitative estimate of drug-likeness (QED) is 0.674. The summed E-state index contributed by atoms with van der Waals surface area (Å²) >= 11 is 12.0. The van der Waals surface area contributed by atoms with Gasteiger partial charge in [0.05, 0.1) is 42.8 Å². The number of carbonyl (C=O) groups excluding carboxylic acids is 1. The van der Waals surface area contributed by atoms with Gasteiger partial charge < -0.3 is 10.2 Å². The predicted molar refractivity (Wildman–Crippen MR) is 92.6 cm³/mol. The second kappa shape index (κ2) is 8.19. The van der Waals surface area contributed by atoms with Crippen LogP contribution in [0.5, 0.6) is 0 Å². The van der Waals surface area contributed by atoms with E-state index in [1.807, 2.05) is 0 Å².